The van der Waals surface area contributed by atoms with E-state index in [1.54, 1.807) is 67.7 Å². The minimum Gasteiger partial charge on any atom is -0.444 e. The van der Waals surface area contributed by atoms with Gasteiger partial charge in [0.2, 0.25) is 5.91 Å². The van der Waals surface area contributed by atoms with Gasteiger partial charge in [-0.1, -0.05) is 26.0 Å². The summed E-state index contributed by atoms with van der Waals surface area (Å²) in [5.41, 5.74) is 2.00. The summed E-state index contributed by atoms with van der Waals surface area (Å²) in [6.45, 7) is 3.96. The van der Waals surface area contributed by atoms with E-state index < -0.39 is 0 Å². The number of nitrogens with zero attached hydrogens (tertiary/aromatic N) is 1. The minimum absolute atomic E-state index is 0.0537. The molecule has 0 aliphatic heterocycles. The largest absolute Gasteiger partial charge is 0.444 e. The molecule has 0 aliphatic carbocycles. The highest BCUT2D eigenvalue weighted by Gasteiger charge is 2.22. The molecule has 2 N–H and O–H groups in total. The van der Waals surface area contributed by atoms with Crippen LogP contribution >= 0.6 is 15.9 Å². The zero-order chi connectivity index (χ0) is 23.3. The predicted octanol–water partition coefficient (Wildman–Crippen LogP) is 5.56. The number of benzene rings is 2. The molecule has 1 aromatic heterocycles. The van der Waals surface area contributed by atoms with Gasteiger partial charge in [0.05, 0.1) is 11.3 Å². The molecule has 8 heteroatoms. The van der Waals surface area contributed by atoms with Crippen molar-refractivity contribution in [2.75, 3.05) is 22.6 Å². The van der Waals surface area contributed by atoms with Crippen molar-refractivity contribution in [3.8, 4) is 0 Å². The number of furan rings is 1. The summed E-state index contributed by atoms with van der Waals surface area (Å²) in [6.07, 6.45) is 0.441. The molecule has 3 aromatic rings. The Labute approximate surface area is 194 Å². The number of anilines is 3. The van der Waals surface area contributed by atoms with E-state index in [2.05, 4.69) is 26.6 Å². The Kier molecular flexibility index (Phi) is 7.48. The summed E-state index contributed by atoms with van der Waals surface area (Å²) in [5.74, 6) is -0.366. The van der Waals surface area contributed by atoms with Gasteiger partial charge in [0.15, 0.2) is 10.4 Å². The standard InChI is InChI=1S/C24H24BrN3O4/c1-15(2)14-22(29)26-16-8-10-17(11-9-16)27-23(30)18-6-4-5-7-19(18)28(3)24(31)20-12-13-21(25)32-20/h4-13,15H,14H2,1-3H3,(H,26,29)(H,27,30). The Morgan fingerprint density at radius 3 is 2.16 bits per heavy atom. The molecule has 2 aromatic carbocycles. The summed E-state index contributed by atoms with van der Waals surface area (Å²) in [6, 6.07) is 16.9. The molecule has 0 aliphatic rings. The van der Waals surface area contributed by atoms with Crippen LogP contribution in [0.2, 0.25) is 0 Å². The molecule has 0 atom stereocenters. The van der Waals surface area contributed by atoms with Crippen molar-refractivity contribution in [2.24, 2.45) is 5.92 Å². The second-order valence-corrected chi connectivity index (χ2v) is 8.44. The third-order valence-electron chi connectivity index (χ3n) is 4.62. The molecule has 32 heavy (non-hydrogen) atoms. The number of hydrogen-bond donors (Lipinski definition) is 2. The molecule has 7 nitrogen and oxygen atoms in total. The number of carbonyl (C=O) groups is 3. The average molecular weight is 498 g/mol. The molecule has 0 saturated heterocycles. The lowest BCUT2D eigenvalue weighted by molar-refractivity contribution is -0.116. The van der Waals surface area contributed by atoms with Crippen molar-refractivity contribution in [3.05, 3.63) is 76.7 Å². The zero-order valence-corrected chi connectivity index (χ0v) is 19.6. The number of nitrogens with one attached hydrogen (secondary N) is 2. The highest BCUT2D eigenvalue weighted by molar-refractivity contribution is 9.10. The second-order valence-electron chi connectivity index (χ2n) is 7.66. The van der Waals surface area contributed by atoms with E-state index in [0.29, 0.717) is 33.7 Å². The van der Waals surface area contributed by atoms with Crippen LogP contribution < -0.4 is 15.5 Å². The fourth-order valence-corrected chi connectivity index (χ4v) is 3.39. The van der Waals surface area contributed by atoms with E-state index in [1.807, 2.05) is 13.8 Å². The molecule has 1 heterocycles. The molecule has 3 amide bonds. The van der Waals surface area contributed by atoms with Gasteiger partial charge in [-0.25, -0.2) is 0 Å². The van der Waals surface area contributed by atoms with Crippen LogP contribution in [0, 0.1) is 5.92 Å². The van der Waals surface area contributed by atoms with Crippen molar-refractivity contribution in [2.45, 2.75) is 20.3 Å². The molecular formula is C24H24BrN3O4. The monoisotopic (exact) mass is 497 g/mol. The maximum atomic E-state index is 12.9. The quantitative estimate of drug-likeness (QED) is 0.447. The Morgan fingerprint density at radius 2 is 1.56 bits per heavy atom. The Bertz CT molecular complexity index is 1120. The van der Waals surface area contributed by atoms with Crippen molar-refractivity contribution in [1.82, 2.24) is 0 Å². The third kappa shape index (κ3) is 5.85. The first-order valence-electron chi connectivity index (χ1n) is 10.1. The van der Waals surface area contributed by atoms with Crippen LogP contribution in [0.4, 0.5) is 17.1 Å². The summed E-state index contributed by atoms with van der Waals surface area (Å²) in [7, 11) is 1.58. The van der Waals surface area contributed by atoms with Crippen molar-refractivity contribution >= 4 is 50.7 Å². The first-order valence-corrected chi connectivity index (χ1v) is 10.9. The van der Waals surface area contributed by atoms with Gasteiger partial charge < -0.3 is 20.0 Å². The lowest BCUT2D eigenvalue weighted by Gasteiger charge is -2.19. The number of amides is 3. The van der Waals surface area contributed by atoms with Crippen molar-refractivity contribution < 1.29 is 18.8 Å². The van der Waals surface area contributed by atoms with Gasteiger partial charge in [0.1, 0.15) is 0 Å². The number of rotatable bonds is 7. The molecule has 0 fully saturated rings. The van der Waals surface area contributed by atoms with Crippen LogP contribution in [-0.2, 0) is 4.79 Å². The number of para-hydroxylation sites is 1. The van der Waals surface area contributed by atoms with E-state index in [0.717, 1.165) is 0 Å². The lowest BCUT2D eigenvalue weighted by Crippen LogP contribution is -2.28. The smallest absolute Gasteiger partial charge is 0.293 e. The molecule has 166 valence electrons. The van der Waals surface area contributed by atoms with Gasteiger partial charge in [-0.3, -0.25) is 14.4 Å². The van der Waals surface area contributed by atoms with Crippen LogP contribution in [-0.4, -0.2) is 24.8 Å². The summed E-state index contributed by atoms with van der Waals surface area (Å²) in [5, 5.41) is 5.66. The molecular weight excluding hydrogens is 474 g/mol. The van der Waals surface area contributed by atoms with Crippen molar-refractivity contribution in [1.29, 1.82) is 0 Å². The van der Waals surface area contributed by atoms with E-state index >= 15 is 0 Å². The van der Waals surface area contributed by atoms with Crippen LogP contribution in [0.5, 0.6) is 0 Å². The minimum atomic E-state index is -0.377. The summed E-state index contributed by atoms with van der Waals surface area (Å²) < 4.78 is 5.79. The average Bonchev–Trinajstić information content (AvgIpc) is 3.19. The van der Waals surface area contributed by atoms with Crippen LogP contribution in [0.25, 0.3) is 0 Å². The Hall–Kier alpha value is -3.39. The van der Waals surface area contributed by atoms with Gasteiger partial charge in [0.25, 0.3) is 11.8 Å². The van der Waals surface area contributed by atoms with Gasteiger partial charge in [-0.15, -0.1) is 0 Å². The molecule has 0 unspecified atom stereocenters. The highest BCUT2D eigenvalue weighted by atomic mass is 79.9. The van der Waals surface area contributed by atoms with Crippen molar-refractivity contribution in [3.63, 3.8) is 0 Å². The summed E-state index contributed by atoms with van der Waals surface area (Å²) in [4.78, 5) is 38.9. The Morgan fingerprint density at radius 1 is 0.938 bits per heavy atom. The van der Waals surface area contributed by atoms with Crippen LogP contribution in [0.15, 0.2) is 69.8 Å². The summed E-state index contributed by atoms with van der Waals surface area (Å²) >= 11 is 3.18. The normalized spacial score (nSPS) is 10.7. The fourth-order valence-electron chi connectivity index (χ4n) is 3.08. The van der Waals surface area contributed by atoms with Gasteiger partial charge in [-0.05, 0) is 70.4 Å². The van der Waals surface area contributed by atoms with E-state index in [-0.39, 0.29) is 29.4 Å². The Balaban J connectivity index is 1.72. The van der Waals surface area contributed by atoms with E-state index in [1.165, 1.54) is 4.90 Å². The topological polar surface area (TPSA) is 91.7 Å². The van der Waals surface area contributed by atoms with E-state index in [4.69, 9.17) is 4.42 Å². The van der Waals surface area contributed by atoms with Gasteiger partial charge in [0, 0.05) is 24.8 Å². The molecule has 0 saturated carbocycles. The molecule has 0 radical (unpaired) electrons. The first kappa shape index (κ1) is 23.3. The maximum Gasteiger partial charge on any atom is 0.293 e. The maximum absolute atomic E-state index is 12.9. The second kappa shape index (κ2) is 10.3. The first-order chi connectivity index (χ1) is 15.2. The third-order valence-corrected chi connectivity index (χ3v) is 5.05. The predicted molar refractivity (Wildman–Crippen MR) is 128 cm³/mol. The number of halogens is 1. The van der Waals surface area contributed by atoms with Gasteiger partial charge in [-0.2, -0.15) is 0 Å². The molecule has 3 rings (SSSR count). The van der Waals surface area contributed by atoms with Crippen LogP contribution in [0.1, 0.15) is 41.2 Å². The highest BCUT2D eigenvalue weighted by Crippen LogP contribution is 2.24. The number of carbonyl (C=O) groups excluding carboxylic acids is 3. The van der Waals surface area contributed by atoms with Gasteiger partial charge >= 0.3 is 0 Å². The lowest BCUT2D eigenvalue weighted by atomic mass is 10.1. The fraction of sp³-hybridized carbons (Fsp3) is 0.208. The number of hydrogen-bond acceptors (Lipinski definition) is 4. The molecule has 0 bridgehead atoms. The van der Waals surface area contributed by atoms with Crippen LogP contribution in [0.3, 0.4) is 0 Å². The van der Waals surface area contributed by atoms with E-state index in [9.17, 15) is 14.4 Å². The zero-order valence-electron chi connectivity index (χ0n) is 18.0. The SMILES string of the molecule is CC(C)CC(=O)Nc1ccc(NC(=O)c2ccccc2N(C)C(=O)c2ccc(Br)o2)cc1. The molecule has 0 spiro atoms.